The Bertz CT molecular complexity index is 332. The molecule has 0 aliphatic carbocycles. The SMILES string of the molecule is O=C(OCC(O)CCl)N1CCN(C(=O)OCC(O)CCl)CC1. The predicted molar refractivity (Wildman–Crippen MR) is 79.3 cm³/mol. The second-order valence-corrected chi connectivity index (χ2v) is 5.36. The van der Waals surface area contributed by atoms with Gasteiger partial charge in [0.25, 0.3) is 0 Å². The number of carbonyl (C=O) groups is 2. The lowest BCUT2D eigenvalue weighted by atomic mass is 10.3. The number of amides is 2. The molecule has 1 fully saturated rings. The van der Waals surface area contributed by atoms with Gasteiger partial charge in [-0.2, -0.15) is 0 Å². The number of rotatable bonds is 6. The van der Waals surface area contributed by atoms with E-state index >= 15 is 0 Å². The van der Waals surface area contributed by atoms with Crippen molar-refractivity contribution in [2.24, 2.45) is 0 Å². The van der Waals surface area contributed by atoms with Gasteiger partial charge in [0.2, 0.25) is 0 Å². The molecule has 2 amide bonds. The number of piperazine rings is 1. The summed E-state index contributed by atoms with van der Waals surface area (Å²) < 4.78 is 9.79. The largest absolute Gasteiger partial charge is 0.447 e. The molecule has 0 aromatic carbocycles. The van der Waals surface area contributed by atoms with Gasteiger partial charge < -0.3 is 29.5 Å². The number of aliphatic hydroxyl groups is 2. The molecule has 0 saturated carbocycles. The highest BCUT2D eigenvalue weighted by Crippen LogP contribution is 2.06. The summed E-state index contributed by atoms with van der Waals surface area (Å²) in [6.45, 7) is 0.847. The smallest absolute Gasteiger partial charge is 0.409 e. The second-order valence-electron chi connectivity index (χ2n) is 4.74. The van der Waals surface area contributed by atoms with Crippen LogP contribution in [0.2, 0.25) is 0 Å². The number of nitrogens with zero attached hydrogens (tertiary/aromatic N) is 2. The van der Waals surface area contributed by atoms with Crippen molar-refractivity contribution in [1.82, 2.24) is 9.80 Å². The van der Waals surface area contributed by atoms with Crippen LogP contribution in [0.1, 0.15) is 0 Å². The van der Waals surface area contributed by atoms with Crippen LogP contribution in [-0.2, 0) is 9.47 Å². The van der Waals surface area contributed by atoms with Crippen LogP contribution in [0.5, 0.6) is 0 Å². The Labute approximate surface area is 138 Å². The van der Waals surface area contributed by atoms with E-state index in [4.69, 9.17) is 32.7 Å². The highest BCUT2D eigenvalue weighted by Gasteiger charge is 2.26. The molecule has 0 aromatic rings. The number of carbonyl (C=O) groups excluding carboxylic acids is 2. The Morgan fingerprint density at radius 1 is 0.864 bits per heavy atom. The Kier molecular flexibility index (Phi) is 8.62. The van der Waals surface area contributed by atoms with E-state index in [1.165, 1.54) is 9.80 Å². The first-order chi connectivity index (χ1) is 10.5. The first-order valence-corrected chi connectivity index (χ1v) is 7.86. The van der Waals surface area contributed by atoms with Gasteiger partial charge in [-0.25, -0.2) is 9.59 Å². The molecule has 1 aliphatic heterocycles. The molecule has 1 saturated heterocycles. The summed E-state index contributed by atoms with van der Waals surface area (Å²) in [5, 5.41) is 18.4. The number of ether oxygens (including phenoxy) is 2. The molecular formula is C12H20Cl2N2O6. The minimum atomic E-state index is -0.893. The van der Waals surface area contributed by atoms with Crippen LogP contribution in [0.4, 0.5) is 9.59 Å². The van der Waals surface area contributed by atoms with E-state index in [2.05, 4.69) is 0 Å². The van der Waals surface area contributed by atoms with Gasteiger partial charge in [-0.3, -0.25) is 0 Å². The van der Waals surface area contributed by atoms with Crippen LogP contribution in [0, 0.1) is 0 Å². The average Bonchev–Trinajstić information content (AvgIpc) is 2.56. The minimum absolute atomic E-state index is 0.0128. The fourth-order valence-electron chi connectivity index (χ4n) is 1.68. The van der Waals surface area contributed by atoms with E-state index in [0.717, 1.165) is 0 Å². The lowest BCUT2D eigenvalue weighted by Gasteiger charge is -2.33. The fraction of sp³-hybridized carbons (Fsp3) is 0.833. The monoisotopic (exact) mass is 358 g/mol. The third-order valence-electron chi connectivity index (χ3n) is 2.95. The average molecular weight is 359 g/mol. The third kappa shape index (κ3) is 6.43. The molecule has 0 aromatic heterocycles. The van der Waals surface area contributed by atoms with E-state index in [9.17, 15) is 19.8 Å². The van der Waals surface area contributed by atoms with Crippen LogP contribution in [0.3, 0.4) is 0 Å². The summed E-state index contributed by atoms with van der Waals surface area (Å²) in [4.78, 5) is 26.3. The third-order valence-corrected chi connectivity index (χ3v) is 3.66. The molecular weight excluding hydrogens is 339 g/mol. The summed E-state index contributed by atoms with van der Waals surface area (Å²) >= 11 is 10.8. The Morgan fingerprint density at radius 2 is 1.18 bits per heavy atom. The Morgan fingerprint density at radius 3 is 1.45 bits per heavy atom. The first kappa shape index (κ1) is 19.1. The summed E-state index contributed by atoms with van der Waals surface area (Å²) in [6.07, 6.45) is -2.91. The molecule has 1 aliphatic rings. The second kappa shape index (κ2) is 9.94. The van der Waals surface area contributed by atoms with Crippen molar-refractivity contribution < 1.29 is 29.3 Å². The highest BCUT2D eigenvalue weighted by atomic mass is 35.5. The van der Waals surface area contributed by atoms with Gasteiger partial charge in [0.05, 0.1) is 11.8 Å². The molecule has 2 atom stereocenters. The summed E-state index contributed by atoms with van der Waals surface area (Å²) in [5.74, 6) is -0.0257. The van der Waals surface area contributed by atoms with Crippen molar-refractivity contribution >= 4 is 35.4 Å². The van der Waals surface area contributed by atoms with Gasteiger partial charge in [0.1, 0.15) is 25.4 Å². The van der Waals surface area contributed by atoms with Crippen LogP contribution in [0.25, 0.3) is 0 Å². The van der Waals surface area contributed by atoms with Crippen LogP contribution >= 0.6 is 23.2 Å². The molecule has 8 nitrogen and oxygen atoms in total. The van der Waals surface area contributed by atoms with Crippen LogP contribution in [0.15, 0.2) is 0 Å². The normalized spacial score (nSPS) is 17.8. The van der Waals surface area contributed by atoms with Crippen molar-refractivity contribution in [3.63, 3.8) is 0 Å². The fourth-order valence-corrected chi connectivity index (χ4v) is 1.86. The molecule has 2 unspecified atom stereocenters. The van der Waals surface area contributed by atoms with E-state index < -0.39 is 24.4 Å². The standard InChI is InChI=1S/C12H20Cl2N2O6/c13-5-9(17)7-21-11(19)15-1-2-16(4-3-15)12(20)22-8-10(18)6-14/h9-10,17-18H,1-8H2. The van der Waals surface area contributed by atoms with Gasteiger partial charge in [-0.05, 0) is 0 Å². The maximum absolute atomic E-state index is 11.7. The van der Waals surface area contributed by atoms with Gasteiger partial charge in [-0.15, -0.1) is 23.2 Å². The number of alkyl halides is 2. The Balaban J connectivity index is 2.27. The molecule has 0 radical (unpaired) electrons. The van der Waals surface area contributed by atoms with E-state index in [-0.39, 0.29) is 25.0 Å². The Hall–Kier alpha value is -0.960. The van der Waals surface area contributed by atoms with Gasteiger partial charge in [0, 0.05) is 26.2 Å². The number of hydrogen-bond acceptors (Lipinski definition) is 6. The highest BCUT2D eigenvalue weighted by molar-refractivity contribution is 6.18. The lowest BCUT2D eigenvalue weighted by molar-refractivity contribution is 0.0307. The maximum Gasteiger partial charge on any atom is 0.409 e. The van der Waals surface area contributed by atoms with Crippen molar-refractivity contribution in [3.05, 3.63) is 0 Å². The van der Waals surface area contributed by atoms with Crippen molar-refractivity contribution in [2.45, 2.75) is 12.2 Å². The first-order valence-electron chi connectivity index (χ1n) is 6.79. The maximum atomic E-state index is 11.7. The summed E-state index contributed by atoms with van der Waals surface area (Å²) in [7, 11) is 0. The summed E-state index contributed by atoms with van der Waals surface area (Å²) in [6, 6.07) is 0. The zero-order valence-corrected chi connectivity index (χ0v) is 13.5. The quantitative estimate of drug-likeness (QED) is 0.652. The zero-order chi connectivity index (χ0) is 16.5. The van der Waals surface area contributed by atoms with E-state index in [0.29, 0.717) is 26.2 Å². The van der Waals surface area contributed by atoms with Crippen molar-refractivity contribution in [3.8, 4) is 0 Å². The molecule has 2 N–H and O–H groups in total. The number of aliphatic hydroxyl groups excluding tert-OH is 2. The van der Waals surface area contributed by atoms with E-state index in [1.807, 2.05) is 0 Å². The zero-order valence-electron chi connectivity index (χ0n) is 12.0. The lowest BCUT2D eigenvalue weighted by Crippen LogP contribution is -2.51. The predicted octanol–water partition coefficient (Wildman–Crippen LogP) is 0.0766. The van der Waals surface area contributed by atoms with Gasteiger partial charge >= 0.3 is 12.2 Å². The molecule has 22 heavy (non-hydrogen) atoms. The topological polar surface area (TPSA) is 99.5 Å². The number of hydrogen-bond donors (Lipinski definition) is 2. The summed E-state index contributed by atoms with van der Waals surface area (Å²) in [5.41, 5.74) is 0. The molecule has 10 heteroatoms. The minimum Gasteiger partial charge on any atom is -0.447 e. The van der Waals surface area contributed by atoms with E-state index in [1.54, 1.807) is 0 Å². The van der Waals surface area contributed by atoms with Gasteiger partial charge in [-0.1, -0.05) is 0 Å². The molecule has 0 bridgehead atoms. The molecule has 128 valence electrons. The van der Waals surface area contributed by atoms with Crippen molar-refractivity contribution in [2.75, 3.05) is 51.2 Å². The molecule has 1 rings (SSSR count). The number of halogens is 2. The van der Waals surface area contributed by atoms with Crippen LogP contribution < -0.4 is 0 Å². The van der Waals surface area contributed by atoms with Crippen molar-refractivity contribution in [1.29, 1.82) is 0 Å². The molecule has 1 heterocycles. The molecule has 0 spiro atoms. The van der Waals surface area contributed by atoms with Gasteiger partial charge in [0.15, 0.2) is 0 Å². The van der Waals surface area contributed by atoms with Crippen LogP contribution in [-0.4, -0.2) is 95.6 Å².